The number of hydrogen-bond donors (Lipinski definition) is 2. The summed E-state index contributed by atoms with van der Waals surface area (Å²) in [7, 11) is -4.08. The Balaban J connectivity index is 2.06. The van der Waals surface area contributed by atoms with E-state index >= 15 is 0 Å². The van der Waals surface area contributed by atoms with Crippen LogP contribution in [0.3, 0.4) is 0 Å². The molecule has 2 N–H and O–H groups in total. The van der Waals surface area contributed by atoms with Gasteiger partial charge in [0.15, 0.2) is 0 Å². The average Bonchev–Trinajstić information content (AvgIpc) is 2.32. The van der Waals surface area contributed by atoms with Crippen molar-refractivity contribution in [2.45, 2.75) is 24.8 Å². The van der Waals surface area contributed by atoms with Crippen molar-refractivity contribution in [1.82, 2.24) is 13.9 Å². The summed E-state index contributed by atoms with van der Waals surface area (Å²) in [5, 5.41) is 17.5. The van der Waals surface area contributed by atoms with Crippen molar-refractivity contribution in [3.05, 3.63) is 0 Å². The Labute approximate surface area is 122 Å². The smallest absolute Gasteiger partial charge is 0.419 e. The van der Waals surface area contributed by atoms with E-state index in [4.69, 9.17) is 10.4 Å². The van der Waals surface area contributed by atoms with Crippen molar-refractivity contribution < 1.29 is 23.1 Å². The Morgan fingerprint density at radius 1 is 1.38 bits per heavy atom. The van der Waals surface area contributed by atoms with Crippen molar-refractivity contribution in [2.75, 3.05) is 26.2 Å². The van der Waals surface area contributed by atoms with Crippen LogP contribution in [0.1, 0.15) is 19.3 Å². The SMILES string of the molecule is N#CCC1(N2CCC(=O)CC2)CN(S(=O)(=O)NC(=O)O)C1. The topological polar surface area (TPSA) is 131 Å². The second kappa shape index (κ2) is 5.59. The molecule has 0 aromatic carbocycles. The third-order valence-electron chi connectivity index (χ3n) is 3.90. The molecule has 2 aliphatic heterocycles. The highest BCUT2D eigenvalue weighted by Crippen LogP contribution is 2.34. The molecule has 2 rings (SSSR count). The molecule has 1 amide bonds. The summed E-state index contributed by atoms with van der Waals surface area (Å²) in [6.07, 6.45) is -0.711. The van der Waals surface area contributed by atoms with E-state index in [9.17, 15) is 18.0 Å². The fourth-order valence-corrected chi connectivity index (χ4v) is 3.93. The average molecular weight is 316 g/mol. The molecule has 0 bridgehead atoms. The minimum Gasteiger partial charge on any atom is -0.464 e. The Morgan fingerprint density at radius 2 is 1.95 bits per heavy atom. The van der Waals surface area contributed by atoms with Crippen molar-refractivity contribution in [2.24, 2.45) is 0 Å². The van der Waals surface area contributed by atoms with E-state index in [1.165, 1.54) is 4.72 Å². The number of carbonyl (C=O) groups excluding carboxylic acids is 1. The number of nitriles is 1. The first-order chi connectivity index (χ1) is 9.79. The van der Waals surface area contributed by atoms with Gasteiger partial charge in [0.2, 0.25) is 0 Å². The van der Waals surface area contributed by atoms with Gasteiger partial charge >= 0.3 is 16.3 Å². The highest BCUT2D eigenvalue weighted by molar-refractivity contribution is 7.87. The molecule has 0 aliphatic carbocycles. The predicted octanol–water partition coefficient (Wildman–Crippen LogP) is -0.868. The molecule has 0 atom stereocenters. The molecule has 10 heteroatoms. The molecule has 2 heterocycles. The van der Waals surface area contributed by atoms with Crippen LogP contribution in [-0.2, 0) is 15.0 Å². The third kappa shape index (κ3) is 3.15. The van der Waals surface area contributed by atoms with E-state index in [0.29, 0.717) is 25.9 Å². The molecule has 116 valence electrons. The molecular weight excluding hydrogens is 300 g/mol. The van der Waals surface area contributed by atoms with Crippen molar-refractivity contribution in [3.63, 3.8) is 0 Å². The number of Topliss-reactive ketones (excluding diaryl/α,β-unsaturated/α-hetero) is 1. The lowest BCUT2D eigenvalue weighted by Crippen LogP contribution is -2.73. The van der Waals surface area contributed by atoms with Gasteiger partial charge in [-0.05, 0) is 0 Å². The van der Waals surface area contributed by atoms with E-state index in [1.54, 1.807) is 0 Å². The number of rotatable bonds is 4. The second-order valence-electron chi connectivity index (χ2n) is 5.27. The zero-order valence-corrected chi connectivity index (χ0v) is 12.1. The van der Waals surface area contributed by atoms with Gasteiger partial charge in [-0.1, -0.05) is 0 Å². The lowest BCUT2D eigenvalue weighted by atomic mass is 9.85. The van der Waals surface area contributed by atoms with Gasteiger partial charge in [0, 0.05) is 39.0 Å². The van der Waals surface area contributed by atoms with Crippen LogP contribution in [0.2, 0.25) is 0 Å². The van der Waals surface area contributed by atoms with Crippen LogP contribution in [0.25, 0.3) is 0 Å². The number of ketones is 1. The van der Waals surface area contributed by atoms with Gasteiger partial charge in [-0.15, -0.1) is 0 Å². The fourth-order valence-electron chi connectivity index (χ4n) is 2.76. The fraction of sp³-hybridized carbons (Fsp3) is 0.727. The Hall–Kier alpha value is -1.70. The summed E-state index contributed by atoms with van der Waals surface area (Å²) in [6, 6.07) is 2.05. The summed E-state index contributed by atoms with van der Waals surface area (Å²) in [5.41, 5.74) is -0.622. The normalized spacial score (nSPS) is 23.1. The van der Waals surface area contributed by atoms with Gasteiger partial charge < -0.3 is 5.11 Å². The van der Waals surface area contributed by atoms with Gasteiger partial charge in [0.05, 0.1) is 18.0 Å². The largest absolute Gasteiger partial charge is 0.464 e. The zero-order valence-electron chi connectivity index (χ0n) is 11.3. The molecule has 21 heavy (non-hydrogen) atoms. The number of nitrogens with one attached hydrogen (secondary N) is 1. The van der Waals surface area contributed by atoms with Crippen LogP contribution >= 0.6 is 0 Å². The first-order valence-electron chi connectivity index (χ1n) is 6.44. The minimum atomic E-state index is -4.08. The van der Waals surface area contributed by atoms with Gasteiger partial charge in [0.1, 0.15) is 5.78 Å². The van der Waals surface area contributed by atoms with Gasteiger partial charge in [0.25, 0.3) is 0 Å². The quantitative estimate of drug-likeness (QED) is 0.689. The van der Waals surface area contributed by atoms with Crippen LogP contribution < -0.4 is 4.72 Å². The number of nitrogens with zero attached hydrogens (tertiary/aromatic N) is 3. The van der Waals surface area contributed by atoms with E-state index in [0.717, 1.165) is 4.31 Å². The molecule has 0 aromatic heterocycles. The maximum Gasteiger partial charge on any atom is 0.419 e. The van der Waals surface area contributed by atoms with Gasteiger partial charge in [-0.25, -0.2) is 9.52 Å². The summed E-state index contributed by atoms with van der Waals surface area (Å²) in [4.78, 5) is 23.7. The molecule has 0 radical (unpaired) electrons. The lowest BCUT2D eigenvalue weighted by molar-refractivity contribution is -0.124. The molecule has 0 spiro atoms. The highest BCUT2D eigenvalue weighted by atomic mass is 32.2. The maximum atomic E-state index is 11.7. The molecule has 0 saturated carbocycles. The number of carbonyl (C=O) groups is 2. The standard InChI is InChI=1S/C11H16N4O5S/c12-4-3-11(14-5-1-9(16)2-6-14)7-15(8-11)21(19,20)13-10(17)18/h13H,1-3,5-8H2,(H,17,18). The van der Waals surface area contributed by atoms with Gasteiger partial charge in [-0.3, -0.25) is 9.69 Å². The van der Waals surface area contributed by atoms with Crippen molar-refractivity contribution in [1.29, 1.82) is 5.26 Å². The van der Waals surface area contributed by atoms with Crippen LogP contribution in [0.5, 0.6) is 0 Å². The monoisotopic (exact) mass is 316 g/mol. The Bertz CT molecular complexity index is 580. The molecule has 2 saturated heterocycles. The minimum absolute atomic E-state index is 0.0529. The van der Waals surface area contributed by atoms with E-state index in [1.807, 2.05) is 11.0 Å². The summed E-state index contributed by atoms with van der Waals surface area (Å²) < 4.78 is 25.9. The third-order valence-corrected chi connectivity index (χ3v) is 5.27. The van der Waals surface area contributed by atoms with E-state index < -0.39 is 21.8 Å². The molecular formula is C11H16N4O5S. The Kier molecular flexibility index (Phi) is 4.18. The number of piperidine rings is 1. The molecule has 9 nitrogen and oxygen atoms in total. The Morgan fingerprint density at radius 3 is 2.43 bits per heavy atom. The van der Waals surface area contributed by atoms with E-state index in [2.05, 4.69) is 0 Å². The summed E-state index contributed by atoms with van der Waals surface area (Å²) in [5.74, 6) is 0.162. The second-order valence-corrected chi connectivity index (χ2v) is 6.94. The number of amides is 1. The van der Waals surface area contributed by atoms with Crippen LogP contribution in [0, 0.1) is 11.3 Å². The summed E-state index contributed by atoms with van der Waals surface area (Å²) >= 11 is 0. The molecule has 2 aliphatic rings. The van der Waals surface area contributed by atoms with Crippen molar-refractivity contribution in [3.8, 4) is 6.07 Å². The molecule has 2 fully saturated rings. The predicted molar refractivity (Wildman–Crippen MR) is 70.4 cm³/mol. The summed E-state index contributed by atoms with van der Waals surface area (Å²) in [6.45, 7) is 1.11. The number of likely N-dealkylation sites (tertiary alicyclic amines) is 1. The number of carboxylic acid groups (broad SMARTS) is 1. The highest BCUT2D eigenvalue weighted by Gasteiger charge is 2.52. The van der Waals surface area contributed by atoms with Gasteiger partial charge in [-0.2, -0.15) is 18.0 Å². The molecule has 0 aromatic rings. The molecule has 0 unspecified atom stereocenters. The van der Waals surface area contributed by atoms with Crippen LogP contribution in [0.4, 0.5) is 4.79 Å². The lowest BCUT2D eigenvalue weighted by Gasteiger charge is -2.54. The number of hydrogen-bond acceptors (Lipinski definition) is 6. The maximum absolute atomic E-state index is 11.7. The van der Waals surface area contributed by atoms with Crippen LogP contribution in [-0.4, -0.2) is 66.3 Å². The zero-order chi connectivity index (χ0) is 15.7. The first kappa shape index (κ1) is 15.7. The first-order valence-corrected chi connectivity index (χ1v) is 7.88. The van der Waals surface area contributed by atoms with Crippen LogP contribution in [0.15, 0.2) is 0 Å². The van der Waals surface area contributed by atoms with E-state index in [-0.39, 0.29) is 25.3 Å². The van der Waals surface area contributed by atoms with Crippen molar-refractivity contribution >= 4 is 22.1 Å².